The van der Waals surface area contributed by atoms with Crippen molar-refractivity contribution in [2.45, 2.75) is 26.3 Å². The molecule has 0 bridgehead atoms. The maximum atomic E-state index is 6.14. The van der Waals surface area contributed by atoms with Crippen LogP contribution in [0.2, 0.25) is 0 Å². The Balaban J connectivity index is 1.88. The summed E-state index contributed by atoms with van der Waals surface area (Å²) >= 11 is 0. The largest absolute Gasteiger partial charge is 0.402 e. The Bertz CT molecular complexity index is 668. The van der Waals surface area contributed by atoms with E-state index in [9.17, 15) is 0 Å². The maximum Gasteiger partial charge on any atom is 0.0987 e. The zero-order valence-electron chi connectivity index (χ0n) is 15.8. The molecule has 1 saturated heterocycles. The molecule has 1 fully saturated rings. The molecule has 1 aliphatic heterocycles. The first-order valence-corrected chi connectivity index (χ1v) is 8.95. The third kappa shape index (κ3) is 5.74. The Hall–Kier alpha value is -2.60. The van der Waals surface area contributed by atoms with Gasteiger partial charge >= 0.3 is 0 Å². The molecule has 0 amide bonds. The molecule has 0 spiro atoms. The van der Waals surface area contributed by atoms with Crippen molar-refractivity contribution in [3.63, 3.8) is 0 Å². The average molecular weight is 355 g/mol. The highest BCUT2D eigenvalue weighted by Gasteiger charge is 2.23. The van der Waals surface area contributed by atoms with Crippen LogP contribution in [-0.2, 0) is 0 Å². The van der Waals surface area contributed by atoms with Crippen molar-refractivity contribution in [2.24, 2.45) is 21.5 Å². The van der Waals surface area contributed by atoms with Crippen molar-refractivity contribution < 1.29 is 0 Å². The molecule has 6 nitrogen and oxygen atoms in total. The molecule has 0 saturated carbocycles. The Labute approximate surface area is 156 Å². The summed E-state index contributed by atoms with van der Waals surface area (Å²) in [6, 6.07) is 0.386. The van der Waals surface area contributed by atoms with Gasteiger partial charge in [0, 0.05) is 62.5 Å². The summed E-state index contributed by atoms with van der Waals surface area (Å²) in [5.74, 6) is 0.779. The standard InChI is InChI=1S/C20H30N6/c1-16(21)4-9-20(22)26-14-12-25(13-15-26)17(2)18-5-7-19(8-6-18)24-11-10-23-3/h4-7,9-11,17H,3,8,12-15,21-22H2,1-2H3/b11-10-,16-4-,20-9+,24-19?. The summed E-state index contributed by atoms with van der Waals surface area (Å²) in [5.41, 5.74) is 14.9. The van der Waals surface area contributed by atoms with Crippen LogP contribution in [0, 0.1) is 0 Å². The Morgan fingerprint density at radius 3 is 2.46 bits per heavy atom. The SMILES string of the molecule is C=N/C=C\N=C1C=CC(C(C)N2CCN(/C(N)=C/C=C(/C)N)CC2)=CC1. The van der Waals surface area contributed by atoms with E-state index >= 15 is 0 Å². The number of nitrogens with zero attached hydrogens (tertiary/aromatic N) is 4. The van der Waals surface area contributed by atoms with Crippen LogP contribution in [0.25, 0.3) is 0 Å². The molecule has 1 unspecified atom stereocenters. The van der Waals surface area contributed by atoms with Gasteiger partial charge in [-0.05, 0) is 44.4 Å². The van der Waals surface area contributed by atoms with E-state index < -0.39 is 0 Å². The van der Waals surface area contributed by atoms with Gasteiger partial charge in [0.2, 0.25) is 0 Å². The van der Waals surface area contributed by atoms with E-state index in [1.165, 1.54) is 5.57 Å². The molecule has 1 heterocycles. The van der Waals surface area contributed by atoms with E-state index in [4.69, 9.17) is 11.5 Å². The van der Waals surface area contributed by atoms with Crippen LogP contribution in [0.5, 0.6) is 0 Å². The Morgan fingerprint density at radius 1 is 1.15 bits per heavy atom. The molecule has 140 valence electrons. The molecule has 1 aliphatic carbocycles. The van der Waals surface area contributed by atoms with Gasteiger partial charge < -0.3 is 16.4 Å². The van der Waals surface area contributed by atoms with Gasteiger partial charge in [0.1, 0.15) is 0 Å². The zero-order valence-corrected chi connectivity index (χ0v) is 15.8. The number of aliphatic imine (C=N–C) groups is 2. The number of nitrogens with two attached hydrogens (primary N) is 2. The minimum Gasteiger partial charge on any atom is -0.402 e. The third-order valence-electron chi connectivity index (χ3n) is 4.65. The smallest absolute Gasteiger partial charge is 0.0987 e. The molecule has 4 N–H and O–H groups in total. The molecular formula is C20H30N6. The summed E-state index contributed by atoms with van der Waals surface area (Å²) < 4.78 is 0. The second-order valence-electron chi connectivity index (χ2n) is 6.54. The summed E-state index contributed by atoms with van der Waals surface area (Å²) in [6.07, 6.45) is 14.3. The molecule has 0 radical (unpaired) electrons. The van der Waals surface area contributed by atoms with Crippen LogP contribution in [-0.4, -0.2) is 54.4 Å². The van der Waals surface area contributed by atoms with E-state index in [0.29, 0.717) is 6.04 Å². The molecule has 2 rings (SSSR count). The fraction of sp³-hybridized carbons (Fsp3) is 0.400. The van der Waals surface area contributed by atoms with Crippen LogP contribution < -0.4 is 11.5 Å². The van der Waals surface area contributed by atoms with Gasteiger partial charge in [0.25, 0.3) is 0 Å². The molecule has 1 atom stereocenters. The molecule has 2 aliphatic rings. The van der Waals surface area contributed by atoms with Crippen molar-refractivity contribution in [1.29, 1.82) is 0 Å². The predicted octanol–water partition coefficient (Wildman–Crippen LogP) is 2.15. The van der Waals surface area contributed by atoms with E-state index in [2.05, 4.69) is 51.7 Å². The lowest BCUT2D eigenvalue weighted by Gasteiger charge is -2.39. The van der Waals surface area contributed by atoms with E-state index in [1.54, 1.807) is 12.4 Å². The molecule has 26 heavy (non-hydrogen) atoms. The van der Waals surface area contributed by atoms with Crippen molar-refractivity contribution in [3.05, 3.63) is 59.9 Å². The van der Waals surface area contributed by atoms with Gasteiger partial charge in [0.05, 0.1) is 5.82 Å². The van der Waals surface area contributed by atoms with Gasteiger partial charge in [-0.3, -0.25) is 14.9 Å². The van der Waals surface area contributed by atoms with Crippen LogP contribution >= 0.6 is 0 Å². The van der Waals surface area contributed by atoms with Gasteiger partial charge in [-0.15, -0.1) is 0 Å². The van der Waals surface area contributed by atoms with E-state index in [-0.39, 0.29) is 0 Å². The van der Waals surface area contributed by atoms with Crippen LogP contribution in [0.3, 0.4) is 0 Å². The first-order valence-electron chi connectivity index (χ1n) is 8.95. The zero-order chi connectivity index (χ0) is 18.9. The Kier molecular flexibility index (Phi) is 7.41. The summed E-state index contributed by atoms with van der Waals surface area (Å²) in [6.45, 7) is 11.3. The number of hydrogen-bond donors (Lipinski definition) is 2. The maximum absolute atomic E-state index is 6.14. The minimum atomic E-state index is 0.386. The van der Waals surface area contributed by atoms with Crippen molar-refractivity contribution in [3.8, 4) is 0 Å². The van der Waals surface area contributed by atoms with Gasteiger partial charge in [0.15, 0.2) is 0 Å². The Morgan fingerprint density at radius 2 is 1.88 bits per heavy atom. The lowest BCUT2D eigenvalue weighted by molar-refractivity contribution is 0.136. The first kappa shape index (κ1) is 19.7. The molecular weight excluding hydrogens is 324 g/mol. The normalized spacial score (nSPS) is 22.8. The number of hydrogen-bond acceptors (Lipinski definition) is 6. The monoisotopic (exact) mass is 354 g/mol. The highest BCUT2D eigenvalue weighted by atomic mass is 15.3. The number of rotatable bonds is 6. The highest BCUT2D eigenvalue weighted by Crippen LogP contribution is 2.19. The van der Waals surface area contributed by atoms with Crippen molar-refractivity contribution >= 4 is 12.4 Å². The van der Waals surface area contributed by atoms with Gasteiger partial charge in [-0.1, -0.05) is 12.2 Å². The fourth-order valence-corrected chi connectivity index (χ4v) is 3.03. The molecule has 0 aromatic rings. The summed E-state index contributed by atoms with van der Waals surface area (Å²) in [4.78, 5) is 12.7. The second-order valence-corrected chi connectivity index (χ2v) is 6.54. The average Bonchev–Trinajstić information content (AvgIpc) is 2.66. The van der Waals surface area contributed by atoms with E-state index in [1.807, 2.05) is 19.1 Å². The van der Waals surface area contributed by atoms with Crippen LogP contribution in [0.1, 0.15) is 20.3 Å². The second kappa shape index (κ2) is 9.77. The summed E-state index contributed by atoms with van der Waals surface area (Å²) in [5, 5.41) is 0. The predicted molar refractivity (Wildman–Crippen MR) is 111 cm³/mol. The summed E-state index contributed by atoms with van der Waals surface area (Å²) in [7, 11) is 0. The highest BCUT2D eigenvalue weighted by molar-refractivity contribution is 5.98. The fourth-order valence-electron chi connectivity index (χ4n) is 3.03. The molecule has 6 heteroatoms. The van der Waals surface area contributed by atoms with Gasteiger partial charge in [-0.2, -0.15) is 0 Å². The lowest BCUT2D eigenvalue weighted by Crippen LogP contribution is -2.50. The number of allylic oxidation sites excluding steroid dienone is 5. The minimum absolute atomic E-state index is 0.386. The molecule has 0 aromatic heterocycles. The third-order valence-corrected chi connectivity index (χ3v) is 4.65. The lowest BCUT2D eigenvalue weighted by atomic mass is 9.98. The first-order chi connectivity index (χ1) is 12.5. The van der Waals surface area contributed by atoms with Gasteiger partial charge in [-0.25, -0.2) is 0 Å². The van der Waals surface area contributed by atoms with E-state index in [0.717, 1.165) is 49.8 Å². The van der Waals surface area contributed by atoms with Crippen molar-refractivity contribution in [2.75, 3.05) is 26.2 Å². The van der Waals surface area contributed by atoms with Crippen LogP contribution in [0.15, 0.2) is 69.9 Å². The number of piperazine rings is 1. The topological polar surface area (TPSA) is 83.2 Å². The van der Waals surface area contributed by atoms with Crippen LogP contribution in [0.4, 0.5) is 0 Å². The quantitative estimate of drug-likeness (QED) is 0.565. The molecule has 0 aromatic carbocycles. The van der Waals surface area contributed by atoms with Crippen molar-refractivity contribution in [1.82, 2.24) is 9.80 Å².